The molecule has 3 nitrogen and oxygen atoms in total. The largest absolute Gasteiger partial charge is 0.464 e. The molecule has 4 atom stereocenters. The number of carbonyl (C=O) groups is 1. The van der Waals surface area contributed by atoms with Crippen LogP contribution in [0.1, 0.15) is 26.7 Å². The fourth-order valence-electron chi connectivity index (χ4n) is 3.21. The normalized spacial score (nSPS) is 58.2. The lowest BCUT2D eigenvalue weighted by atomic mass is 9.59. The molecular formula is C10H14O3. The van der Waals surface area contributed by atoms with Gasteiger partial charge in [-0.1, -0.05) is 6.92 Å². The summed E-state index contributed by atoms with van der Waals surface area (Å²) in [6.07, 6.45) is 2.46. The minimum Gasteiger partial charge on any atom is -0.464 e. The molecule has 3 heteroatoms. The number of fused-ring (bicyclic) bond motifs is 5. The molecule has 0 aliphatic carbocycles. The summed E-state index contributed by atoms with van der Waals surface area (Å²) in [5.41, 5.74) is -0.428. The Balaban J connectivity index is 2.14. The number of cyclic esters (lactones) is 1. The van der Waals surface area contributed by atoms with Crippen LogP contribution >= 0.6 is 0 Å². The fraction of sp³-hybridized carbons (Fsp3) is 0.900. The monoisotopic (exact) mass is 182 g/mol. The number of carbonyl (C=O) groups excluding carboxylic acids is 1. The average molecular weight is 182 g/mol. The number of rotatable bonds is 0. The lowest BCUT2D eigenvalue weighted by Gasteiger charge is -2.36. The van der Waals surface area contributed by atoms with Crippen molar-refractivity contribution in [3.8, 4) is 0 Å². The van der Waals surface area contributed by atoms with Gasteiger partial charge in [0.25, 0.3) is 0 Å². The van der Waals surface area contributed by atoms with Gasteiger partial charge in [-0.05, 0) is 19.8 Å². The van der Waals surface area contributed by atoms with E-state index in [-0.39, 0.29) is 29.0 Å². The Kier molecular flexibility index (Phi) is 1.15. The molecule has 3 heterocycles. The number of hydrogen-bond acceptors (Lipinski definition) is 3. The zero-order chi connectivity index (χ0) is 9.27. The standard InChI is InChI=1S/C10H14O3/c1-9-5-12-8(11)10(9,2)7-4-3-6(9)13-7/h6-7H,3-5H2,1-2H3/t6-,7+,9-,10-/m0/s1. The van der Waals surface area contributed by atoms with Crippen molar-refractivity contribution in [3.63, 3.8) is 0 Å². The van der Waals surface area contributed by atoms with Gasteiger partial charge in [-0.3, -0.25) is 4.79 Å². The third-order valence-electron chi connectivity index (χ3n) is 4.49. The topological polar surface area (TPSA) is 35.5 Å². The molecular weight excluding hydrogens is 168 g/mol. The first-order chi connectivity index (χ1) is 6.09. The number of esters is 1. The highest BCUT2D eigenvalue weighted by atomic mass is 16.6. The quantitative estimate of drug-likeness (QED) is 0.526. The molecule has 3 rings (SSSR count). The van der Waals surface area contributed by atoms with Crippen LogP contribution in [0.5, 0.6) is 0 Å². The zero-order valence-electron chi connectivity index (χ0n) is 8.00. The Bertz CT molecular complexity index is 288. The second kappa shape index (κ2) is 1.92. The molecule has 0 aromatic rings. The van der Waals surface area contributed by atoms with E-state index in [1.54, 1.807) is 0 Å². The molecule has 0 aromatic carbocycles. The molecule has 0 unspecified atom stereocenters. The number of ether oxygens (including phenoxy) is 2. The van der Waals surface area contributed by atoms with Crippen LogP contribution < -0.4 is 0 Å². The first-order valence-corrected chi connectivity index (χ1v) is 4.92. The van der Waals surface area contributed by atoms with Crippen molar-refractivity contribution in [3.05, 3.63) is 0 Å². The van der Waals surface area contributed by atoms with Crippen LogP contribution in [0.25, 0.3) is 0 Å². The van der Waals surface area contributed by atoms with E-state index in [2.05, 4.69) is 6.92 Å². The van der Waals surface area contributed by atoms with Gasteiger partial charge in [0.15, 0.2) is 0 Å². The van der Waals surface area contributed by atoms with E-state index in [4.69, 9.17) is 9.47 Å². The van der Waals surface area contributed by atoms with Gasteiger partial charge in [-0.15, -0.1) is 0 Å². The molecule has 0 spiro atoms. The summed E-state index contributed by atoms with van der Waals surface area (Å²) < 4.78 is 11.0. The van der Waals surface area contributed by atoms with E-state index in [0.29, 0.717) is 6.61 Å². The molecule has 2 bridgehead atoms. The predicted molar refractivity (Wildman–Crippen MR) is 45.1 cm³/mol. The molecule has 3 saturated heterocycles. The molecule has 0 saturated carbocycles. The van der Waals surface area contributed by atoms with E-state index < -0.39 is 0 Å². The van der Waals surface area contributed by atoms with Gasteiger partial charge >= 0.3 is 5.97 Å². The van der Waals surface area contributed by atoms with Gasteiger partial charge < -0.3 is 9.47 Å². The lowest BCUT2D eigenvalue weighted by molar-refractivity contribution is -0.149. The third kappa shape index (κ3) is 0.592. The van der Waals surface area contributed by atoms with Crippen molar-refractivity contribution >= 4 is 5.97 Å². The van der Waals surface area contributed by atoms with Gasteiger partial charge in [0.1, 0.15) is 12.0 Å². The van der Waals surface area contributed by atoms with Crippen LogP contribution in [0.2, 0.25) is 0 Å². The average Bonchev–Trinajstić information content (AvgIpc) is 2.70. The summed E-state index contributed by atoms with van der Waals surface area (Å²) in [6, 6.07) is 0. The summed E-state index contributed by atoms with van der Waals surface area (Å²) in [5, 5.41) is 0. The second-order valence-corrected chi connectivity index (χ2v) is 4.89. The maximum Gasteiger partial charge on any atom is 0.315 e. The molecule has 13 heavy (non-hydrogen) atoms. The molecule has 0 amide bonds. The summed E-state index contributed by atoms with van der Waals surface area (Å²) in [4.78, 5) is 11.7. The Hall–Kier alpha value is -0.570. The molecule has 72 valence electrons. The maximum atomic E-state index is 11.7. The molecule has 0 aromatic heterocycles. The zero-order valence-corrected chi connectivity index (χ0v) is 8.00. The fourth-order valence-corrected chi connectivity index (χ4v) is 3.21. The molecule has 0 N–H and O–H groups in total. The van der Waals surface area contributed by atoms with E-state index >= 15 is 0 Å². The van der Waals surface area contributed by atoms with Gasteiger partial charge in [0, 0.05) is 5.41 Å². The minimum absolute atomic E-state index is 0.0535. The van der Waals surface area contributed by atoms with Crippen molar-refractivity contribution in [1.82, 2.24) is 0 Å². The first kappa shape index (κ1) is 7.80. The van der Waals surface area contributed by atoms with Crippen molar-refractivity contribution in [2.45, 2.75) is 38.9 Å². The highest BCUT2D eigenvalue weighted by Crippen LogP contribution is 2.62. The van der Waals surface area contributed by atoms with Crippen LogP contribution in [0, 0.1) is 10.8 Å². The molecule has 3 aliphatic heterocycles. The maximum absolute atomic E-state index is 11.7. The van der Waals surface area contributed by atoms with E-state index in [1.165, 1.54) is 0 Å². The van der Waals surface area contributed by atoms with E-state index in [9.17, 15) is 4.79 Å². The van der Waals surface area contributed by atoms with Gasteiger partial charge in [-0.2, -0.15) is 0 Å². The summed E-state index contributed by atoms with van der Waals surface area (Å²) >= 11 is 0. The van der Waals surface area contributed by atoms with E-state index in [1.807, 2.05) is 6.92 Å². The summed E-state index contributed by atoms with van der Waals surface area (Å²) in [5.74, 6) is -0.0535. The van der Waals surface area contributed by atoms with E-state index in [0.717, 1.165) is 12.8 Å². The van der Waals surface area contributed by atoms with Crippen molar-refractivity contribution in [1.29, 1.82) is 0 Å². The molecule has 0 radical (unpaired) electrons. The van der Waals surface area contributed by atoms with Crippen molar-refractivity contribution in [2.75, 3.05) is 6.61 Å². The Morgan fingerprint density at radius 2 is 2.00 bits per heavy atom. The van der Waals surface area contributed by atoms with Crippen molar-refractivity contribution < 1.29 is 14.3 Å². The Morgan fingerprint density at radius 3 is 2.69 bits per heavy atom. The highest BCUT2D eigenvalue weighted by Gasteiger charge is 2.72. The number of hydrogen-bond donors (Lipinski definition) is 0. The van der Waals surface area contributed by atoms with Crippen LogP contribution in [0.3, 0.4) is 0 Å². The van der Waals surface area contributed by atoms with Crippen LogP contribution in [0.4, 0.5) is 0 Å². The summed E-state index contributed by atoms with van der Waals surface area (Å²) in [6.45, 7) is 4.68. The van der Waals surface area contributed by atoms with Crippen LogP contribution in [0.15, 0.2) is 0 Å². The first-order valence-electron chi connectivity index (χ1n) is 4.92. The Labute approximate surface area is 77.4 Å². The second-order valence-electron chi connectivity index (χ2n) is 4.89. The predicted octanol–water partition coefficient (Wildman–Crippen LogP) is 1.12. The molecule has 3 fully saturated rings. The summed E-state index contributed by atoms with van der Waals surface area (Å²) in [7, 11) is 0. The lowest BCUT2D eigenvalue weighted by Crippen LogP contribution is -2.47. The highest BCUT2D eigenvalue weighted by molar-refractivity contribution is 5.81. The van der Waals surface area contributed by atoms with Crippen LogP contribution in [-0.2, 0) is 14.3 Å². The molecule has 3 aliphatic rings. The minimum atomic E-state index is -0.365. The smallest absolute Gasteiger partial charge is 0.315 e. The Morgan fingerprint density at radius 1 is 1.31 bits per heavy atom. The van der Waals surface area contributed by atoms with Gasteiger partial charge in [0.05, 0.1) is 12.2 Å². The SMILES string of the molecule is C[C@@]12COC(=O)[C@]1(C)[C@H]1CC[C@@H]2O1. The van der Waals surface area contributed by atoms with Crippen LogP contribution in [-0.4, -0.2) is 24.8 Å². The van der Waals surface area contributed by atoms with Crippen molar-refractivity contribution in [2.24, 2.45) is 10.8 Å². The van der Waals surface area contributed by atoms with Gasteiger partial charge in [0.2, 0.25) is 0 Å². The van der Waals surface area contributed by atoms with Gasteiger partial charge in [-0.25, -0.2) is 0 Å². The third-order valence-corrected chi connectivity index (χ3v) is 4.49.